The van der Waals surface area contributed by atoms with Gasteiger partial charge in [0, 0.05) is 5.56 Å². The third-order valence-corrected chi connectivity index (χ3v) is 8.16. The SMILES string of the molecule is CCCc1ccc(-c2ccc(OCC3CCC(C4CCC(CCC)C4)CC3)c(F)c2F)cc1. The van der Waals surface area contributed by atoms with Gasteiger partial charge >= 0.3 is 0 Å². The van der Waals surface area contributed by atoms with Gasteiger partial charge in [-0.1, -0.05) is 63.8 Å². The van der Waals surface area contributed by atoms with E-state index in [1.165, 1.54) is 50.5 Å². The number of ether oxygens (including phenoxy) is 1. The molecule has 33 heavy (non-hydrogen) atoms. The Bertz CT molecular complexity index is 883. The van der Waals surface area contributed by atoms with Gasteiger partial charge in [-0.05, 0) is 91.9 Å². The van der Waals surface area contributed by atoms with E-state index in [1.54, 1.807) is 12.1 Å². The zero-order chi connectivity index (χ0) is 23.2. The molecule has 0 heterocycles. The molecule has 3 heteroatoms. The highest BCUT2D eigenvalue weighted by Crippen LogP contribution is 2.44. The Morgan fingerprint density at radius 3 is 2.15 bits per heavy atom. The van der Waals surface area contributed by atoms with Crippen molar-refractivity contribution in [2.24, 2.45) is 23.7 Å². The topological polar surface area (TPSA) is 9.23 Å². The van der Waals surface area contributed by atoms with E-state index < -0.39 is 11.6 Å². The first-order valence-corrected chi connectivity index (χ1v) is 13.3. The van der Waals surface area contributed by atoms with Crippen LogP contribution in [0.25, 0.3) is 11.1 Å². The zero-order valence-corrected chi connectivity index (χ0v) is 20.4. The number of aryl methyl sites for hydroxylation is 1. The standard InChI is InChI=1S/C30H40F2O/c1-3-5-21-7-14-25(15-8-21)27-17-18-28(30(32)29(27)31)33-20-23-10-12-24(13-11-23)26-16-9-22(19-26)6-4-2/h7-8,14-15,17-18,22-24,26H,3-6,9-13,16,19-20H2,1-2H3. The summed E-state index contributed by atoms with van der Waals surface area (Å²) >= 11 is 0. The zero-order valence-electron chi connectivity index (χ0n) is 20.4. The first-order valence-electron chi connectivity index (χ1n) is 13.3. The summed E-state index contributed by atoms with van der Waals surface area (Å²) in [6.07, 6.45) is 13.8. The molecule has 0 radical (unpaired) electrons. The molecule has 1 nitrogen and oxygen atoms in total. The van der Waals surface area contributed by atoms with E-state index in [-0.39, 0.29) is 5.75 Å². The van der Waals surface area contributed by atoms with E-state index in [4.69, 9.17) is 4.74 Å². The normalized spacial score (nSPS) is 25.3. The van der Waals surface area contributed by atoms with Gasteiger partial charge in [-0.25, -0.2) is 4.39 Å². The molecule has 0 aromatic heterocycles. The molecule has 0 N–H and O–H groups in total. The van der Waals surface area contributed by atoms with Gasteiger partial charge in [0.2, 0.25) is 5.82 Å². The molecule has 0 amide bonds. The molecule has 2 aliphatic carbocycles. The molecule has 2 aliphatic rings. The molecule has 2 fully saturated rings. The van der Waals surface area contributed by atoms with Crippen molar-refractivity contribution in [3.63, 3.8) is 0 Å². The van der Waals surface area contributed by atoms with Crippen LogP contribution in [0.3, 0.4) is 0 Å². The molecule has 4 rings (SSSR count). The van der Waals surface area contributed by atoms with Crippen molar-refractivity contribution in [3.05, 3.63) is 53.6 Å². The van der Waals surface area contributed by atoms with Crippen molar-refractivity contribution in [3.8, 4) is 16.9 Å². The predicted molar refractivity (Wildman–Crippen MR) is 132 cm³/mol. The van der Waals surface area contributed by atoms with Crippen molar-refractivity contribution >= 4 is 0 Å². The van der Waals surface area contributed by atoms with Gasteiger partial charge in [0.25, 0.3) is 0 Å². The third kappa shape index (κ3) is 5.97. The van der Waals surface area contributed by atoms with Gasteiger partial charge in [-0.15, -0.1) is 0 Å². The fourth-order valence-corrected chi connectivity index (χ4v) is 6.25. The largest absolute Gasteiger partial charge is 0.490 e. The molecular formula is C30H40F2O. The van der Waals surface area contributed by atoms with Gasteiger partial charge in [0.05, 0.1) is 6.61 Å². The minimum Gasteiger partial charge on any atom is -0.490 e. The Kier molecular flexibility index (Phi) is 8.44. The summed E-state index contributed by atoms with van der Waals surface area (Å²) in [6, 6.07) is 11.0. The van der Waals surface area contributed by atoms with Crippen LogP contribution in [0.1, 0.15) is 83.6 Å². The maximum Gasteiger partial charge on any atom is 0.201 e. The highest BCUT2D eigenvalue weighted by molar-refractivity contribution is 5.65. The second-order valence-electron chi connectivity index (χ2n) is 10.5. The Hall–Kier alpha value is -1.90. The summed E-state index contributed by atoms with van der Waals surface area (Å²) < 4.78 is 35.4. The monoisotopic (exact) mass is 454 g/mol. The molecule has 2 aromatic rings. The van der Waals surface area contributed by atoms with Gasteiger partial charge < -0.3 is 4.74 Å². The van der Waals surface area contributed by atoms with Gasteiger partial charge in [0.1, 0.15) is 0 Å². The average molecular weight is 455 g/mol. The van der Waals surface area contributed by atoms with Crippen molar-refractivity contribution in [1.82, 2.24) is 0 Å². The summed E-state index contributed by atoms with van der Waals surface area (Å²) in [6.45, 7) is 4.91. The average Bonchev–Trinajstić information content (AvgIpc) is 3.30. The quantitative estimate of drug-likeness (QED) is 0.367. The molecular weight excluding hydrogens is 414 g/mol. The fourth-order valence-electron chi connectivity index (χ4n) is 6.25. The maximum atomic E-state index is 14.8. The minimum atomic E-state index is -0.869. The number of benzene rings is 2. The van der Waals surface area contributed by atoms with E-state index in [0.717, 1.165) is 43.4 Å². The summed E-state index contributed by atoms with van der Waals surface area (Å²) in [4.78, 5) is 0. The lowest BCUT2D eigenvalue weighted by atomic mass is 9.75. The smallest absolute Gasteiger partial charge is 0.201 e. The van der Waals surface area contributed by atoms with Crippen LogP contribution >= 0.6 is 0 Å². The summed E-state index contributed by atoms with van der Waals surface area (Å²) in [5, 5.41) is 0. The van der Waals surface area contributed by atoms with E-state index in [9.17, 15) is 8.78 Å². The Morgan fingerprint density at radius 2 is 1.45 bits per heavy atom. The molecule has 2 saturated carbocycles. The van der Waals surface area contributed by atoms with Crippen molar-refractivity contribution in [1.29, 1.82) is 0 Å². The lowest BCUT2D eigenvalue weighted by molar-refractivity contribution is 0.150. The molecule has 2 atom stereocenters. The van der Waals surface area contributed by atoms with Crippen LogP contribution in [0.15, 0.2) is 36.4 Å². The Labute approximate surface area is 198 Å². The van der Waals surface area contributed by atoms with Crippen molar-refractivity contribution in [2.45, 2.75) is 84.5 Å². The predicted octanol–water partition coefficient (Wildman–Crippen LogP) is 8.99. The van der Waals surface area contributed by atoms with E-state index in [0.29, 0.717) is 23.7 Å². The summed E-state index contributed by atoms with van der Waals surface area (Å²) in [7, 11) is 0. The van der Waals surface area contributed by atoms with Crippen LogP contribution in [0.5, 0.6) is 5.75 Å². The Morgan fingerprint density at radius 1 is 0.758 bits per heavy atom. The van der Waals surface area contributed by atoms with Crippen LogP contribution in [-0.2, 0) is 6.42 Å². The van der Waals surface area contributed by atoms with E-state index in [1.807, 2.05) is 24.3 Å². The van der Waals surface area contributed by atoms with E-state index >= 15 is 0 Å². The number of hydrogen-bond acceptors (Lipinski definition) is 1. The van der Waals surface area contributed by atoms with Crippen molar-refractivity contribution in [2.75, 3.05) is 6.61 Å². The molecule has 180 valence electrons. The number of halogens is 2. The van der Waals surface area contributed by atoms with Crippen LogP contribution in [0.4, 0.5) is 8.78 Å². The van der Waals surface area contributed by atoms with Crippen LogP contribution in [0, 0.1) is 35.3 Å². The first kappa shape index (κ1) is 24.2. The number of rotatable bonds is 9. The number of hydrogen-bond donors (Lipinski definition) is 0. The minimum absolute atomic E-state index is 0.0409. The van der Waals surface area contributed by atoms with Gasteiger partial charge in [0.15, 0.2) is 11.6 Å². The maximum absolute atomic E-state index is 14.8. The molecule has 2 aromatic carbocycles. The van der Waals surface area contributed by atoms with Crippen molar-refractivity contribution < 1.29 is 13.5 Å². The highest BCUT2D eigenvalue weighted by Gasteiger charge is 2.33. The molecule has 0 aliphatic heterocycles. The first-order chi connectivity index (χ1) is 16.1. The second kappa shape index (κ2) is 11.5. The highest BCUT2D eigenvalue weighted by atomic mass is 19.2. The Balaban J connectivity index is 1.29. The lowest BCUT2D eigenvalue weighted by Gasteiger charge is -2.32. The molecule has 0 spiro atoms. The summed E-state index contributed by atoms with van der Waals surface area (Å²) in [5.74, 6) is 1.53. The van der Waals surface area contributed by atoms with E-state index in [2.05, 4.69) is 13.8 Å². The van der Waals surface area contributed by atoms with Gasteiger partial charge in [-0.2, -0.15) is 4.39 Å². The molecule has 0 bridgehead atoms. The summed E-state index contributed by atoms with van der Waals surface area (Å²) in [5.41, 5.74) is 2.20. The van der Waals surface area contributed by atoms with Crippen LogP contribution in [-0.4, -0.2) is 6.61 Å². The van der Waals surface area contributed by atoms with Crippen LogP contribution < -0.4 is 4.74 Å². The second-order valence-corrected chi connectivity index (χ2v) is 10.5. The third-order valence-electron chi connectivity index (χ3n) is 8.16. The van der Waals surface area contributed by atoms with Crippen LogP contribution in [0.2, 0.25) is 0 Å². The lowest BCUT2D eigenvalue weighted by Crippen LogP contribution is -2.24. The molecule has 0 saturated heterocycles. The van der Waals surface area contributed by atoms with Gasteiger partial charge in [-0.3, -0.25) is 0 Å². The molecule has 2 unspecified atom stereocenters. The fraction of sp³-hybridized carbons (Fsp3) is 0.600.